The summed E-state index contributed by atoms with van der Waals surface area (Å²) in [7, 11) is 0. The standard InChI is InChI=1S/C25H38N4O2/c1-19(29-16-12-23(13-17-29)27-25(31)21-8-5-9-21)24(30)26-22-10-14-28(15-11-22)18-20-6-3-2-4-7-20/h2-4,6-7,19,21-23H,5,8-18H2,1H3,(H,26,30)(H,27,31). The number of carbonyl (C=O) groups excluding carboxylic acids is 2. The van der Waals surface area contributed by atoms with Gasteiger partial charge in [-0.3, -0.25) is 19.4 Å². The lowest BCUT2D eigenvalue weighted by molar-refractivity contribution is -0.130. The van der Waals surface area contributed by atoms with Gasteiger partial charge < -0.3 is 10.6 Å². The zero-order valence-corrected chi connectivity index (χ0v) is 18.9. The van der Waals surface area contributed by atoms with Crippen LogP contribution < -0.4 is 10.6 Å². The Bertz CT molecular complexity index is 720. The molecule has 1 aromatic rings. The van der Waals surface area contributed by atoms with Gasteiger partial charge in [-0.05, 0) is 51.0 Å². The van der Waals surface area contributed by atoms with E-state index < -0.39 is 0 Å². The quantitative estimate of drug-likeness (QED) is 0.703. The number of nitrogens with one attached hydrogen (secondary N) is 2. The highest BCUT2D eigenvalue weighted by molar-refractivity contribution is 5.81. The van der Waals surface area contributed by atoms with E-state index in [9.17, 15) is 9.59 Å². The summed E-state index contributed by atoms with van der Waals surface area (Å²) in [5, 5.41) is 6.52. The van der Waals surface area contributed by atoms with Crippen LogP contribution in [0.3, 0.4) is 0 Å². The maximum Gasteiger partial charge on any atom is 0.237 e. The molecule has 31 heavy (non-hydrogen) atoms. The second-order valence-corrected chi connectivity index (χ2v) is 9.67. The second-order valence-electron chi connectivity index (χ2n) is 9.67. The Balaban J connectivity index is 1.14. The van der Waals surface area contributed by atoms with Crippen LogP contribution in [0, 0.1) is 5.92 Å². The van der Waals surface area contributed by atoms with Crippen molar-refractivity contribution in [2.45, 2.75) is 76.5 Å². The summed E-state index contributed by atoms with van der Waals surface area (Å²) < 4.78 is 0. The third-order valence-electron chi connectivity index (χ3n) is 7.46. The molecule has 2 saturated heterocycles. The molecule has 0 radical (unpaired) electrons. The number of likely N-dealkylation sites (tertiary alicyclic amines) is 2. The molecule has 0 bridgehead atoms. The van der Waals surface area contributed by atoms with E-state index in [2.05, 4.69) is 50.8 Å². The minimum Gasteiger partial charge on any atom is -0.353 e. The summed E-state index contributed by atoms with van der Waals surface area (Å²) in [5.74, 6) is 0.648. The van der Waals surface area contributed by atoms with Crippen LogP contribution in [0.4, 0.5) is 0 Å². The van der Waals surface area contributed by atoms with E-state index in [1.165, 1.54) is 12.0 Å². The fraction of sp³-hybridized carbons (Fsp3) is 0.680. The highest BCUT2D eigenvalue weighted by Gasteiger charge is 2.31. The first-order valence-electron chi connectivity index (χ1n) is 12.2. The molecule has 2 heterocycles. The Hall–Kier alpha value is -1.92. The van der Waals surface area contributed by atoms with Gasteiger partial charge in [-0.2, -0.15) is 0 Å². The summed E-state index contributed by atoms with van der Waals surface area (Å²) in [5.41, 5.74) is 1.35. The normalized spacial score (nSPS) is 23.1. The van der Waals surface area contributed by atoms with Gasteiger partial charge in [-0.15, -0.1) is 0 Å². The van der Waals surface area contributed by atoms with Gasteiger partial charge in [-0.1, -0.05) is 36.8 Å². The molecule has 2 aliphatic heterocycles. The van der Waals surface area contributed by atoms with Crippen molar-refractivity contribution in [3.05, 3.63) is 35.9 Å². The number of rotatable bonds is 7. The lowest BCUT2D eigenvalue weighted by atomic mass is 9.84. The first-order chi connectivity index (χ1) is 15.1. The van der Waals surface area contributed by atoms with Gasteiger partial charge in [0.05, 0.1) is 6.04 Å². The Morgan fingerprint density at radius 1 is 0.903 bits per heavy atom. The molecule has 1 atom stereocenters. The number of hydrogen-bond acceptors (Lipinski definition) is 4. The van der Waals surface area contributed by atoms with Crippen molar-refractivity contribution in [1.82, 2.24) is 20.4 Å². The smallest absolute Gasteiger partial charge is 0.237 e. The highest BCUT2D eigenvalue weighted by atomic mass is 16.2. The van der Waals surface area contributed by atoms with E-state index in [-0.39, 0.29) is 35.9 Å². The average Bonchev–Trinajstić information content (AvgIpc) is 2.74. The summed E-state index contributed by atoms with van der Waals surface area (Å²) in [6.45, 7) is 6.82. The van der Waals surface area contributed by atoms with E-state index in [0.29, 0.717) is 0 Å². The highest BCUT2D eigenvalue weighted by Crippen LogP contribution is 2.27. The molecule has 0 aromatic heterocycles. The van der Waals surface area contributed by atoms with Gasteiger partial charge in [0.1, 0.15) is 0 Å². The summed E-state index contributed by atoms with van der Waals surface area (Å²) in [4.78, 5) is 29.8. The number of amides is 2. The van der Waals surface area contributed by atoms with Crippen molar-refractivity contribution >= 4 is 11.8 Å². The van der Waals surface area contributed by atoms with E-state index in [4.69, 9.17) is 0 Å². The van der Waals surface area contributed by atoms with Crippen LogP contribution in [0.15, 0.2) is 30.3 Å². The van der Waals surface area contributed by atoms with Gasteiger partial charge in [0.15, 0.2) is 0 Å². The summed E-state index contributed by atoms with van der Waals surface area (Å²) >= 11 is 0. The van der Waals surface area contributed by atoms with E-state index in [1.807, 2.05) is 6.92 Å². The van der Waals surface area contributed by atoms with Gasteiger partial charge >= 0.3 is 0 Å². The third-order valence-corrected chi connectivity index (χ3v) is 7.46. The SMILES string of the molecule is CC(C(=O)NC1CCN(Cc2ccccc2)CC1)N1CCC(NC(=O)C2CCC2)CC1. The number of piperidine rings is 2. The fourth-order valence-corrected chi connectivity index (χ4v) is 4.99. The van der Waals surface area contributed by atoms with Crippen molar-refractivity contribution in [3.8, 4) is 0 Å². The van der Waals surface area contributed by atoms with Crippen LogP contribution >= 0.6 is 0 Å². The molecule has 170 valence electrons. The number of hydrogen-bond donors (Lipinski definition) is 2. The summed E-state index contributed by atoms with van der Waals surface area (Å²) in [6, 6.07) is 11.0. The number of carbonyl (C=O) groups is 2. The van der Waals surface area contributed by atoms with Gasteiger partial charge in [-0.25, -0.2) is 0 Å². The lowest BCUT2D eigenvalue weighted by Gasteiger charge is -2.38. The minimum absolute atomic E-state index is 0.106. The van der Waals surface area contributed by atoms with Gasteiger partial charge in [0.25, 0.3) is 0 Å². The maximum atomic E-state index is 12.8. The molecular formula is C25H38N4O2. The zero-order valence-electron chi connectivity index (χ0n) is 18.9. The third kappa shape index (κ3) is 6.07. The van der Waals surface area contributed by atoms with Crippen LogP contribution in [0.1, 0.15) is 57.4 Å². The van der Waals surface area contributed by atoms with Crippen molar-refractivity contribution in [2.24, 2.45) is 5.92 Å². The van der Waals surface area contributed by atoms with Crippen molar-refractivity contribution in [1.29, 1.82) is 0 Å². The molecule has 0 spiro atoms. The van der Waals surface area contributed by atoms with Crippen LogP contribution in [0.25, 0.3) is 0 Å². The van der Waals surface area contributed by atoms with Crippen molar-refractivity contribution in [2.75, 3.05) is 26.2 Å². The second kappa shape index (κ2) is 10.6. The largest absolute Gasteiger partial charge is 0.353 e. The van der Waals surface area contributed by atoms with Crippen LogP contribution in [0.5, 0.6) is 0 Å². The predicted octanol–water partition coefficient (Wildman–Crippen LogP) is 2.54. The molecule has 1 aliphatic carbocycles. The Kier molecular flexibility index (Phi) is 7.62. The number of benzene rings is 1. The monoisotopic (exact) mass is 426 g/mol. The fourth-order valence-electron chi connectivity index (χ4n) is 4.99. The molecule has 3 fully saturated rings. The summed E-state index contributed by atoms with van der Waals surface area (Å²) in [6.07, 6.45) is 7.19. The molecule has 6 nitrogen and oxygen atoms in total. The Morgan fingerprint density at radius 3 is 2.13 bits per heavy atom. The molecule has 2 N–H and O–H groups in total. The van der Waals surface area contributed by atoms with Crippen molar-refractivity contribution in [3.63, 3.8) is 0 Å². The van der Waals surface area contributed by atoms with Gasteiger partial charge in [0.2, 0.25) is 11.8 Å². The zero-order chi connectivity index (χ0) is 21.6. The first-order valence-corrected chi connectivity index (χ1v) is 12.2. The van der Waals surface area contributed by atoms with E-state index >= 15 is 0 Å². The molecule has 1 saturated carbocycles. The van der Waals surface area contributed by atoms with E-state index in [0.717, 1.165) is 71.2 Å². The van der Waals surface area contributed by atoms with Crippen LogP contribution in [0.2, 0.25) is 0 Å². The van der Waals surface area contributed by atoms with Gasteiger partial charge in [0, 0.05) is 50.7 Å². The Labute approximate surface area is 186 Å². The molecule has 1 aromatic carbocycles. The van der Waals surface area contributed by atoms with E-state index in [1.54, 1.807) is 0 Å². The molecule has 2 amide bonds. The number of nitrogens with zero attached hydrogens (tertiary/aromatic N) is 2. The Morgan fingerprint density at radius 2 is 1.52 bits per heavy atom. The van der Waals surface area contributed by atoms with Crippen LogP contribution in [-0.2, 0) is 16.1 Å². The minimum atomic E-state index is -0.106. The first kappa shape index (κ1) is 22.3. The van der Waals surface area contributed by atoms with Crippen LogP contribution in [-0.4, -0.2) is 65.9 Å². The van der Waals surface area contributed by atoms with Crippen molar-refractivity contribution < 1.29 is 9.59 Å². The molecule has 6 heteroatoms. The topological polar surface area (TPSA) is 64.7 Å². The molecule has 4 rings (SSSR count). The molecular weight excluding hydrogens is 388 g/mol. The average molecular weight is 427 g/mol. The predicted molar refractivity (Wildman–Crippen MR) is 122 cm³/mol. The molecule has 1 unspecified atom stereocenters. The lowest BCUT2D eigenvalue weighted by Crippen LogP contribution is -2.54. The maximum absolute atomic E-state index is 12.8. The molecule has 3 aliphatic rings.